The van der Waals surface area contributed by atoms with E-state index < -0.39 is 0 Å². The van der Waals surface area contributed by atoms with Crippen molar-refractivity contribution in [2.45, 2.75) is 32.9 Å². The normalized spacial score (nSPS) is 10.3. The average molecular weight is 251 g/mol. The van der Waals surface area contributed by atoms with Crippen molar-refractivity contribution in [2.75, 3.05) is 13.2 Å². The minimum absolute atomic E-state index is 0.0322. The van der Waals surface area contributed by atoms with Gasteiger partial charge < -0.3 is 15.2 Å². The maximum absolute atomic E-state index is 11.4. The summed E-state index contributed by atoms with van der Waals surface area (Å²) in [5, 5.41) is 11.5. The van der Waals surface area contributed by atoms with Gasteiger partial charge in [0.05, 0.1) is 6.61 Å². The largest absolute Gasteiger partial charge is 0.396 e. The number of nitrogens with one attached hydrogen (secondary N) is 1. The fraction of sp³-hybridized carbons (Fsp3) is 0.500. The van der Waals surface area contributed by atoms with Crippen LogP contribution in [0.1, 0.15) is 30.9 Å². The summed E-state index contributed by atoms with van der Waals surface area (Å²) in [5.74, 6) is -0.0322. The molecule has 0 aliphatic carbocycles. The van der Waals surface area contributed by atoms with E-state index in [4.69, 9.17) is 9.84 Å². The van der Waals surface area contributed by atoms with E-state index in [-0.39, 0.29) is 12.5 Å². The molecule has 0 saturated carbocycles. The lowest BCUT2D eigenvalue weighted by Gasteiger charge is -2.10. The Kier molecular flexibility index (Phi) is 7.06. The molecule has 1 aromatic carbocycles. The molecule has 18 heavy (non-hydrogen) atoms. The van der Waals surface area contributed by atoms with Crippen LogP contribution >= 0.6 is 0 Å². The van der Waals surface area contributed by atoms with Crippen molar-refractivity contribution in [3.8, 4) is 0 Å². The van der Waals surface area contributed by atoms with Crippen molar-refractivity contribution in [1.82, 2.24) is 5.32 Å². The highest BCUT2D eigenvalue weighted by Gasteiger charge is 2.04. The molecule has 4 heteroatoms. The van der Waals surface area contributed by atoms with Crippen molar-refractivity contribution < 1.29 is 14.6 Å². The molecular formula is C14H21NO3. The molecule has 0 atom stereocenters. The van der Waals surface area contributed by atoms with Crippen LogP contribution in [0.2, 0.25) is 0 Å². The van der Waals surface area contributed by atoms with Gasteiger partial charge in [0.25, 0.3) is 0 Å². The predicted octanol–water partition coefficient (Wildman–Crippen LogP) is 1.61. The number of aliphatic hydroxyl groups excluding tert-OH is 1. The fourth-order valence-electron chi connectivity index (χ4n) is 1.60. The van der Waals surface area contributed by atoms with Gasteiger partial charge in [0.1, 0.15) is 0 Å². The van der Waals surface area contributed by atoms with Gasteiger partial charge in [-0.15, -0.1) is 0 Å². The van der Waals surface area contributed by atoms with Crippen molar-refractivity contribution in [3.63, 3.8) is 0 Å². The van der Waals surface area contributed by atoms with Crippen LogP contribution in [-0.2, 0) is 22.7 Å². The first-order valence-electron chi connectivity index (χ1n) is 6.30. The number of benzene rings is 1. The van der Waals surface area contributed by atoms with Crippen molar-refractivity contribution >= 4 is 5.91 Å². The molecule has 100 valence electrons. The van der Waals surface area contributed by atoms with Crippen LogP contribution in [0.5, 0.6) is 0 Å². The number of ether oxygens (including phenoxy) is 1. The standard InChI is InChI=1S/C14H21NO3/c1-2-18-11-13-7-4-3-6-12(13)10-15-14(17)8-5-9-16/h3-4,6-7,16H,2,5,8-11H2,1H3,(H,15,17). The zero-order valence-electron chi connectivity index (χ0n) is 10.8. The van der Waals surface area contributed by atoms with Crippen molar-refractivity contribution in [1.29, 1.82) is 0 Å². The summed E-state index contributed by atoms with van der Waals surface area (Å²) in [6, 6.07) is 7.90. The molecule has 1 rings (SSSR count). The Balaban J connectivity index is 2.47. The SMILES string of the molecule is CCOCc1ccccc1CNC(=O)CCCO. The molecule has 0 aliphatic rings. The molecule has 0 aliphatic heterocycles. The van der Waals surface area contributed by atoms with E-state index in [9.17, 15) is 4.79 Å². The molecule has 0 radical (unpaired) electrons. The number of carbonyl (C=O) groups excluding carboxylic acids is 1. The van der Waals surface area contributed by atoms with E-state index >= 15 is 0 Å². The highest BCUT2D eigenvalue weighted by Crippen LogP contribution is 2.10. The molecule has 0 spiro atoms. The van der Waals surface area contributed by atoms with Crippen LogP contribution in [0.25, 0.3) is 0 Å². The molecule has 0 heterocycles. The summed E-state index contributed by atoms with van der Waals surface area (Å²) >= 11 is 0. The predicted molar refractivity (Wildman–Crippen MR) is 69.9 cm³/mol. The number of aliphatic hydroxyl groups is 1. The Bertz CT molecular complexity index is 366. The molecule has 0 aromatic heterocycles. The third-order valence-corrected chi connectivity index (χ3v) is 2.62. The van der Waals surface area contributed by atoms with Gasteiger partial charge in [-0.2, -0.15) is 0 Å². The molecule has 0 saturated heterocycles. The number of hydrogen-bond donors (Lipinski definition) is 2. The minimum Gasteiger partial charge on any atom is -0.396 e. The third kappa shape index (κ3) is 5.29. The quantitative estimate of drug-likeness (QED) is 0.738. The van der Waals surface area contributed by atoms with E-state index in [1.54, 1.807) is 0 Å². The monoisotopic (exact) mass is 251 g/mol. The lowest BCUT2D eigenvalue weighted by atomic mass is 10.1. The van der Waals surface area contributed by atoms with Gasteiger partial charge in [-0.05, 0) is 24.5 Å². The second-order valence-electron chi connectivity index (χ2n) is 4.01. The van der Waals surface area contributed by atoms with E-state index in [2.05, 4.69) is 5.32 Å². The summed E-state index contributed by atoms with van der Waals surface area (Å²) in [6.45, 7) is 3.76. The molecule has 0 unspecified atom stereocenters. The van der Waals surface area contributed by atoms with E-state index in [1.165, 1.54) is 0 Å². The highest BCUT2D eigenvalue weighted by molar-refractivity contribution is 5.75. The average Bonchev–Trinajstić information content (AvgIpc) is 2.41. The zero-order chi connectivity index (χ0) is 13.2. The lowest BCUT2D eigenvalue weighted by Crippen LogP contribution is -2.23. The first-order valence-corrected chi connectivity index (χ1v) is 6.30. The number of amides is 1. The summed E-state index contributed by atoms with van der Waals surface area (Å²) in [4.78, 5) is 11.4. The fourth-order valence-corrected chi connectivity index (χ4v) is 1.60. The first-order chi connectivity index (χ1) is 8.77. The maximum Gasteiger partial charge on any atom is 0.220 e. The molecule has 0 fully saturated rings. The van der Waals surface area contributed by atoms with Crippen LogP contribution < -0.4 is 5.32 Å². The van der Waals surface area contributed by atoms with E-state index in [0.29, 0.717) is 32.6 Å². The topological polar surface area (TPSA) is 58.6 Å². The zero-order valence-corrected chi connectivity index (χ0v) is 10.8. The third-order valence-electron chi connectivity index (χ3n) is 2.62. The summed E-state index contributed by atoms with van der Waals surface area (Å²) < 4.78 is 5.39. The number of carbonyl (C=O) groups is 1. The summed E-state index contributed by atoms with van der Waals surface area (Å²) in [5.41, 5.74) is 2.17. The van der Waals surface area contributed by atoms with Gasteiger partial charge >= 0.3 is 0 Å². The van der Waals surface area contributed by atoms with Crippen LogP contribution in [-0.4, -0.2) is 24.2 Å². The summed E-state index contributed by atoms with van der Waals surface area (Å²) in [6.07, 6.45) is 0.872. The van der Waals surface area contributed by atoms with Crippen molar-refractivity contribution in [3.05, 3.63) is 35.4 Å². The summed E-state index contributed by atoms with van der Waals surface area (Å²) in [7, 11) is 0. The lowest BCUT2D eigenvalue weighted by molar-refractivity contribution is -0.121. The van der Waals surface area contributed by atoms with Crippen LogP contribution in [0.3, 0.4) is 0 Å². The Morgan fingerprint density at radius 1 is 1.33 bits per heavy atom. The van der Waals surface area contributed by atoms with Gasteiger partial charge in [-0.3, -0.25) is 4.79 Å². The Morgan fingerprint density at radius 2 is 2.06 bits per heavy atom. The second kappa shape index (κ2) is 8.66. The first kappa shape index (κ1) is 14.7. The molecule has 1 aromatic rings. The van der Waals surface area contributed by atoms with E-state index in [1.807, 2.05) is 31.2 Å². The highest BCUT2D eigenvalue weighted by atomic mass is 16.5. The molecule has 0 bridgehead atoms. The van der Waals surface area contributed by atoms with Crippen LogP contribution in [0.4, 0.5) is 0 Å². The van der Waals surface area contributed by atoms with Gasteiger partial charge in [0, 0.05) is 26.2 Å². The number of hydrogen-bond acceptors (Lipinski definition) is 3. The van der Waals surface area contributed by atoms with Gasteiger partial charge in [0.15, 0.2) is 0 Å². The minimum atomic E-state index is -0.0322. The Labute approximate surface area is 108 Å². The molecule has 2 N–H and O–H groups in total. The Morgan fingerprint density at radius 3 is 2.72 bits per heavy atom. The number of rotatable bonds is 8. The van der Waals surface area contributed by atoms with Gasteiger partial charge in [0.2, 0.25) is 5.91 Å². The molecular weight excluding hydrogens is 230 g/mol. The van der Waals surface area contributed by atoms with E-state index in [0.717, 1.165) is 11.1 Å². The molecule has 4 nitrogen and oxygen atoms in total. The van der Waals surface area contributed by atoms with Crippen molar-refractivity contribution in [2.24, 2.45) is 0 Å². The van der Waals surface area contributed by atoms with Gasteiger partial charge in [-0.25, -0.2) is 0 Å². The van der Waals surface area contributed by atoms with Crippen LogP contribution in [0.15, 0.2) is 24.3 Å². The van der Waals surface area contributed by atoms with Crippen LogP contribution in [0, 0.1) is 0 Å². The second-order valence-corrected chi connectivity index (χ2v) is 4.01. The Hall–Kier alpha value is -1.39. The molecule has 1 amide bonds. The maximum atomic E-state index is 11.4. The smallest absolute Gasteiger partial charge is 0.220 e. The van der Waals surface area contributed by atoms with Gasteiger partial charge in [-0.1, -0.05) is 24.3 Å².